The third-order valence-electron chi connectivity index (χ3n) is 5.22. The maximum absolute atomic E-state index is 12.9. The molecule has 0 N–H and O–H groups in total. The molecule has 1 aliphatic rings. The van der Waals surface area contributed by atoms with Crippen molar-refractivity contribution >= 4 is 17.3 Å². The lowest BCUT2D eigenvalue weighted by Crippen LogP contribution is -2.29. The molecule has 0 bridgehead atoms. The van der Waals surface area contributed by atoms with Gasteiger partial charge in [0.05, 0.1) is 4.92 Å². The molecule has 172 valence electrons. The van der Waals surface area contributed by atoms with Crippen LogP contribution in [0.3, 0.4) is 0 Å². The van der Waals surface area contributed by atoms with Gasteiger partial charge in [0.25, 0.3) is 11.6 Å². The topological polar surface area (TPSA) is 75.9 Å². The van der Waals surface area contributed by atoms with E-state index in [0.29, 0.717) is 0 Å². The molecular formula is C22H24F3N3O4. The average molecular weight is 451 g/mol. The molecule has 1 saturated heterocycles. The number of anilines is 1. The Bertz CT molecular complexity index is 958. The van der Waals surface area contributed by atoms with Crippen LogP contribution in [0.2, 0.25) is 0 Å². The van der Waals surface area contributed by atoms with Crippen molar-refractivity contribution in [2.45, 2.75) is 32.0 Å². The number of hydrogen-bond acceptors (Lipinski definition) is 5. The Hall–Kier alpha value is -3.30. The number of nitrogens with zero attached hydrogens (tertiary/aromatic N) is 3. The predicted octanol–water partition coefficient (Wildman–Crippen LogP) is 4.80. The zero-order valence-corrected chi connectivity index (χ0v) is 17.6. The standard InChI is InChI=1S/C22H24F3N3O4/c1-26(14-16-5-7-17(8-6-16)27-11-3-2-4-12-27)21(29)19-13-18(32-15-22(23,24)25)9-10-20(19)28(30)31/h5-10,13H,2-4,11-12,14-15H2,1H3. The normalized spacial score (nSPS) is 14.2. The zero-order valence-electron chi connectivity index (χ0n) is 17.6. The second-order valence-corrected chi connectivity index (χ2v) is 7.72. The summed E-state index contributed by atoms with van der Waals surface area (Å²) >= 11 is 0. The van der Waals surface area contributed by atoms with Crippen molar-refractivity contribution in [1.29, 1.82) is 0 Å². The van der Waals surface area contributed by atoms with Gasteiger partial charge in [-0.25, -0.2) is 0 Å². The summed E-state index contributed by atoms with van der Waals surface area (Å²) in [6, 6.07) is 10.7. The number of amides is 1. The van der Waals surface area contributed by atoms with Crippen LogP contribution in [0.25, 0.3) is 0 Å². The van der Waals surface area contributed by atoms with Gasteiger partial charge >= 0.3 is 6.18 Å². The first-order valence-corrected chi connectivity index (χ1v) is 10.2. The largest absolute Gasteiger partial charge is 0.484 e. The van der Waals surface area contributed by atoms with Gasteiger partial charge in [-0.05, 0) is 49.1 Å². The number of nitro benzene ring substituents is 1. The van der Waals surface area contributed by atoms with E-state index >= 15 is 0 Å². The van der Waals surface area contributed by atoms with E-state index in [-0.39, 0.29) is 17.9 Å². The molecule has 1 heterocycles. The van der Waals surface area contributed by atoms with Crippen LogP contribution in [0.4, 0.5) is 24.5 Å². The summed E-state index contributed by atoms with van der Waals surface area (Å²) in [6.45, 7) is 0.643. The molecule has 0 aliphatic carbocycles. The number of halogens is 3. The van der Waals surface area contributed by atoms with Gasteiger partial charge in [-0.15, -0.1) is 0 Å². The first kappa shape index (κ1) is 23.4. The Morgan fingerprint density at radius 2 is 1.78 bits per heavy atom. The second kappa shape index (κ2) is 9.88. The van der Waals surface area contributed by atoms with Crippen molar-refractivity contribution in [3.05, 3.63) is 63.7 Å². The molecule has 32 heavy (non-hydrogen) atoms. The smallest absolute Gasteiger partial charge is 0.422 e. The van der Waals surface area contributed by atoms with Crippen molar-refractivity contribution in [2.24, 2.45) is 0 Å². The molecule has 0 spiro atoms. The minimum Gasteiger partial charge on any atom is -0.484 e. The Balaban J connectivity index is 1.73. The number of carbonyl (C=O) groups is 1. The number of carbonyl (C=O) groups excluding carboxylic acids is 1. The van der Waals surface area contributed by atoms with Crippen molar-refractivity contribution in [2.75, 3.05) is 31.6 Å². The van der Waals surface area contributed by atoms with Crippen molar-refractivity contribution in [3.63, 3.8) is 0 Å². The molecular weight excluding hydrogens is 427 g/mol. The number of piperidine rings is 1. The highest BCUT2D eigenvalue weighted by Crippen LogP contribution is 2.27. The maximum atomic E-state index is 12.9. The first-order chi connectivity index (χ1) is 15.1. The highest BCUT2D eigenvalue weighted by Gasteiger charge is 2.29. The molecule has 0 radical (unpaired) electrons. The minimum absolute atomic E-state index is 0.184. The van der Waals surface area contributed by atoms with E-state index in [1.54, 1.807) is 0 Å². The molecule has 0 atom stereocenters. The fourth-order valence-corrected chi connectivity index (χ4v) is 3.62. The number of ether oxygens (including phenoxy) is 1. The fraction of sp³-hybridized carbons (Fsp3) is 0.409. The summed E-state index contributed by atoms with van der Waals surface area (Å²) in [5, 5.41) is 11.3. The number of alkyl halides is 3. The molecule has 1 amide bonds. The number of hydrogen-bond donors (Lipinski definition) is 0. The summed E-state index contributed by atoms with van der Waals surface area (Å²) in [6.07, 6.45) is -1.02. The van der Waals surface area contributed by atoms with Crippen LogP contribution in [0, 0.1) is 10.1 Å². The van der Waals surface area contributed by atoms with Gasteiger partial charge in [-0.1, -0.05) is 12.1 Å². The molecule has 0 aromatic heterocycles. The molecule has 0 unspecified atom stereocenters. The van der Waals surface area contributed by atoms with E-state index in [4.69, 9.17) is 0 Å². The number of benzene rings is 2. The SMILES string of the molecule is CN(Cc1ccc(N2CCCCC2)cc1)C(=O)c1cc(OCC(F)(F)F)ccc1[N+](=O)[O-]. The lowest BCUT2D eigenvalue weighted by Gasteiger charge is -2.29. The van der Waals surface area contributed by atoms with Crippen LogP contribution in [0.1, 0.15) is 35.2 Å². The Kier molecular flexibility index (Phi) is 7.22. The van der Waals surface area contributed by atoms with Gasteiger partial charge in [0.2, 0.25) is 0 Å². The monoisotopic (exact) mass is 451 g/mol. The first-order valence-electron chi connectivity index (χ1n) is 10.2. The van der Waals surface area contributed by atoms with Gasteiger partial charge in [0.15, 0.2) is 6.61 Å². The maximum Gasteiger partial charge on any atom is 0.422 e. The van der Waals surface area contributed by atoms with Crippen LogP contribution in [0.5, 0.6) is 5.75 Å². The van der Waals surface area contributed by atoms with Crippen LogP contribution in [-0.4, -0.2) is 48.7 Å². The summed E-state index contributed by atoms with van der Waals surface area (Å²) < 4.78 is 41.9. The molecule has 2 aromatic carbocycles. The minimum atomic E-state index is -4.57. The molecule has 1 fully saturated rings. The summed E-state index contributed by atoms with van der Waals surface area (Å²) in [5.41, 5.74) is 1.10. The molecule has 2 aromatic rings. The molecule has 7 nitrogen and oxygen atoms in total. The molecule has 0 saturated carbocycles. The van der Waals surface area contributed by atoms with Crippen LogP contribution >= 0.6 is 0 Å². The summed E-state index contributed by atoms with van der Waals surface area (Å²) in [4.78, 5) is 27.0. The quantitative estimate of drug-likeness (QED) is 0.447. The second-order valence-electron chi connectivity index (χ2n) is 7.72. The third kappa shape index (κ3) is 6.12. The zero-order chi connectivity index (χ0) is 23.3. The molecule has 1 aliphatic heterocycles. The third-order valence-corrected chi connectivity index (χ3v) is 5.22. The summed E-state index contributed by atoms with van der Waals surface area (Å²) in [5.74, 6) is -0.954. The highest BCUT2D eigenvalue weighted by molar-refractivity contribution is 5.98. The molecule has 3 rings (SSSR count). The van der Waals surface area contributed by atoms with E-state index in [2.05, 4.69) is 9.64 Å². The van der Waals surface area contributed by atoms with Gasteiger partial charge in [0, 0.05) is 38.4 Å². The Labute approximate surface area is 183 Å². The summed E-state index contributed by atoms with van der Waals surface area (Å²) in [7, 11) is 1.48. The van der Waals surface area contributed by atoms with Crippen molar-refractivity contribution in [3.8, 4) is 5.75 Å². The van der Waals surface area contributed by atoms with Gasteiger partial charge in [0.1, 0.15) is 11.3 Å². The van der Waals surface area contributed by atoms with Gasteiger partial charge in [-0.2, -0.15) is 13.2 Å². The van der Waals surface area contributed by atoms with E-state index in [1.807, 2.05) is 24.3 Å². The fourth-order valence-electron chi connectivity index (χ4n) is 3.62. The highest BCUT2D eigenvalue weighted by atomic mass is 19.4. The van der Waals surface area contributed by atoms with Crippen LogP contribution in [-0.2, 0) is 6.54 Å². The van der Waals surface area contributed by atoms with Gasteiger partial charge < -0.3 is 14.5 Å². The Morgan fingerprint density at radius 1 is 1.12 bits per heavy atom. The lowest BCUT2D eigenvalue weighted by molar-refractivity contribution is -0.385. The van der Waals surface area contributed by atoms with Crippen LogP contribution in [0.15, 0.2) is 42.5 Å². The number of rotatable bonds is 7. The Morgan fingerprint density at radius 3 is 2.38 bits per heavy atom. The number of nitro groups is 1. The van der Waals surface area contributed by atoms with Crippen LogP contribution < -0.4 is 9.64 Å². The molecule has 10 heteroatoms. The van der Waals surface area contributed by atoms with E-state index in [0.717, 1.165) is 55.4 Å². The van der Waals surface area contributed by atoms with Crippen molar-refractivity contribution < 1.29 is 27.6 Å². The average Bonchev–Trinajstić information content (AvgIpc) is 2.77. The van der Waals surface area contributed by atoms with E-state index < -0.39 is 29.3 Å². The van der Waals surface area contributed by atoms with Crippen molar-refractivity contribution in [1.82, 2.24) is 4.90 Å². The lowest BCUT2D eigenvalue weighted by atomic mass is 10.1. The van der Waals surface area contributed by atoms with Gasteiger partial charge in [-0.3, -0.25) is 14.9 Å². The predicted molar refractivity (Wildman–Crippen MR) is 113 cm³/mol. The van der Waals surface area contributed by atoms with E-state index in [1.165, 1.54) is 18.4 Å². The van der Waals surface area contributed by atoms with E-state index in [9.17, 15) is 28.1 Å².